The zero-order valence-electron chi connectivity index (χ0n) is 13.1. The van der Waals surface area contributed by atoms with Gasteiger partial charge in [-0.05, 0) is 45.2 Å². The summed E-state index contributed by atoms with van der Waals surface area (Å²) in [4.78, 5) is 14.0. The number of para-hydroxylation sites is 1. The Morgan fingerprint density at radius 2 is 1.90 bits per heavy atom. The molecular weight excluding hydrogens is 266 g/mol. The Morgan fingerprint density at radius 1 is 1.24 bits per heavy atom. The predicted molar refractivity (Wildman–Crippen MR) is 84.1 cm³/mol. The number of nitrogens with zero attached hydrogens (tertiary/aromatic N) is 1. The van der Waals surface area contributed by atoms with Gasteiger partial charge in [-0.15, -0.1) is 0 Å². The van der Waals surface area contributed by atoms with Gasteiger partial charge in [0.25, 0.3) is 0 Å². The number of carbonyl (C=O) groups is 1. The van der Waals surface area contributed by atoms with Crippen LogP contribution in [0.4, 0.5) is 10.5 Å². The third-order valence-corrected chi connectivity index (χ3v) is 3.31. The molecule has 5 heteroatoms. The summed E-state index contributed by atoms with van der Waals surface area (Å²) in [6.07, 6.45) is 2.04. The summed E-state index contributed by atoms with van der Waals surface area (Å²) >= 11 is 0. The lowest BCUT2D eigenvalue weighted by Crippen LogP contribution is -2.41. The molecule has 0 aliphatic carbocycles. The molecule has 0 saturated carbocycles. The minimum absolute atomic E-state index is 0.457. The van der Waals surface area contributed by atoms with E-state index in [4.69, 9.17) is 4.74 Å². The third kappa shape index (κ3) is 4.93. The van der Waals surface area contributed by atoms with Crippen molar-refractivity contribution in [1.29, 1.82) is 0 Å². The van der Waals surface area contributed by atoms with Crippen LogP contribution in [-0.4, -0.2) is 24.8 Å². The van der Waals surface area contributed by atoms with Crippen LogP contribution >= 0.6 is 0 Å². The van der Waals surface area contributed by atoms with Gasteiger partial charge >= 0.3 is 6.09 Å². The number of ether oxygens (including phenoxy) is 1. The molecule has 1 aromatic carbocycles. The summed E-state index contributed by atoms with van der Waals surface area (Å²) in [5, 5.41) is 0. The van der Waals surface area contributed by atoms with Crippen LogP contribution < -0.4 is 15.8 Å². The number of hydrazine groups is 1. The van der Waals surface area contributed by atoms with E-state index >= 15 is 0 Å². The molecule has 0 unspecified atom stereocenters. The first-order valence-corrected chi connectivity index (χ1v) is 7.50. The van der Waals surface area contributed by atoms with E-state index < -0.39 is 11.7 Å². The van der Waals surface area contributed by atoms with Crippen molar-refractivity contribution in [3.63, 3.8) is 0 Å². The first kappa shape index (κ1) is 15.6. The number of amides is 1. The number of benzene rings is 1. The van der Waals surface area contributed by atoms with Crippen molar-refractivity contribution in [2.75, 3.05) is 18.0 Å². The van der Waals surface area contributed by atoms with Crippen molar-refractivity contribution >= 4 is 11.8 Å². The maximum Gasteiger partial charge on any atom is 0.422 e. The van der Waals surface area contributed by atoms with Crippen molar-refractivity contribution in [3.8, 4) is 0 Å². The quantitative estimate of drug-likeness (QED) is 0.838. The summed E-state index contributed by atoms with van der Waals surface area (Å²) in [6, 6.07) is 8.29. The van der Waals surface area contributed by atoms with Crippen molar-refractivity contribution < 1.29 is 9.53 Å². The van der Waals surface area contributed by atoms with Crippen LogP contribution in [0.2, 0.25) is 0 Å². The molecule has 1 aromatic rings. The predicted octanol–water partition coefficient (Wildman–Crippen LogP) is 2.82. The Kier molecular flexibility index (Phi) is 5.07. The Hall–Kier alpha value is -1.75. The van der Waals surface area contributed by atoms with E-state index in [1.165, 1.54) is 24.1 Å². The monoisotopic (exact) mass is 291 g/mol. The molecule has 1 fully saturated rings. The second-order valence-corrected chi connectivity index (χ2v) is 6.30. The van der Waals surface area contributed by atoms with E-state index in [1.807, 2.05) is 26.8 Å². The molecular formula is C16H25N3O2. The highest BCUT2D eigenvalue weighted by atomic mass is 16.6. The highest BCUT2D eigenvalue weighted by molar-refractivity contribution is 5.67. The van der Waals surface area contributed by atoms with Crippen LogP contribution in [-0.2, 0) is 11.3 Å². The Balaban J connectivity index is 1.87. The largest absolute Gasteiger partial charge is 0.443 e. The molecule has 21 heavy (non-hydrogen) atoms. The average Bonchev–Trinajstić information content (AvgIpc) is 2.91. The molecule has 5 nitrogen and oxygen atoms in total. The molecule has 0 bridgehead atoms. The molecule has 2 N–H and O–H groups in total. The molecule has 2 rings (SSSR count). The first-order chi connectivity index (χ1) is 9.96. The number of hydrogen-bond acceptors (Lipinski definition) is 4. The summed E-state index contributed by atoms with van der Waals surface area (Å²) in [6.45, 7) is 8.32. The molecule has 1 saturated heterocycles. The zero-order valence-corrected chi connectivity index (χ0v) is 13.1. The van der Waals surface area contributed by atoms with Crippen LogP contribution in [0.15, 0.2) is 24.3 Å². The molecule has 0 radical (unpaired) electrons. The first-order valence-electron chi connectivity index (χ1n) is 7.50. The molecule has 0 aromatic heterocycles. The molecule has 1 aliphatic heterocycles. The van der Waals surface area contributed by atoms with Gasteiger partial charge in [-0.1, -0.05) is 18.2 Å². The van der Waals surface area contributed by atoms with Crippen LogP contribution in [0, 0.1) is 0 Å². The van der Waals surface area contributed by atoms with Crippen molar-refractivity contribution in [3.05, 3.63) is 29.8 Å². The minimum atomic E-state index is -0.487. The highest BCUT2D eigenvalue weighted by Gasteiger charge is 2.17. The molecule has 116 valence electrons. The molecule has 0 spiro atoms. The molecule has 1 aliphatic rings. The van der Waals surface area contributed by atoms with Gasteiger partial charge in [-0.2, -0.15) is 0 Å². The molecule has 1 heterocycles. The number of carbonyl (C=O) groups excluding carboxylic acids is 1. The fourth-order valence-electron chi connectivity index (χ4n) is 2.44. The topological polar surface area (TPSA) is 53.6 Å². The Bertz CT molecular complexity index is 477. The van der Waals surface area contributed by atoms with Gasteiger partial charge in [0.2, 0.25) is 0 Å². The Labute approximate surface area is 126 Å². The average molecular weight is 291 g/mol. The fraction of sp³-hybridized carbons (Fsp3) is 0.562. The minimum Gasteiger partial charge on any atom is -0.443 e. The van der Waals surface area contributed by atoms with Gasteiger partial charge in [0, 0.05) is 25.3 Å². The van der Waals surface area contributed by atoms with Gasteiger partial charge in [0.15, 0.2) is 0 Å². The van der Waals surface area contributed by atoms with E-state index in [0.29, 0.717) is 6.54 Å². The number of anilines is 1. The van der Waals surface area contributed by atoms with E-state index in [1.54, 1.807) is 0 Å². The lowest BCUT2D eigenvalue weighted by Gasteiger charge is -2.22. The van der Waals surface area contributed by atoms with Crippen molar-refractivity contribution in [1.82, 2.24) is 10.9 Å². The van der Waals surface area contributed by atoms with Crippen molar-refractivity contribution in [2.45, 2.75) is 45.8 Å². The maximum absolute atomic E-state index is 11.6. The molecule has 0 atom stereocenters. The van der Waals surface area contributed by atoms with Gasteiger partial charge in [-0.25, -0.2) is 10.2 Å². The fourth-order valence-corrected chi connectivity index (χ4v) is 2.44. The third-order valence-electron chi connectivity index (χ3n) is 3.31. The summed E-state index contributed by atoms with van der Waals surface area (Å²) in [5.74, 6) is 0. The normalized spacial score (nSPS) is 15.1. The second kappa shape index (κ2) is 6.80. The summed E-state index contributed by atoms with van der Waals surface area (Å²) in [7, 11) is 0. The smallest absolute Gasteiger partial charge is 0.422 e. The number of rotatable bonds is 4. The van der Waals surface area contributed by atoms with Crippen LogP contribution in [0.3, 0.4) is 0 Å². The SMILES string of the molecule is CC(C)(C)OC(=O)NNCc1ccccc1N1CCCC1. The van der Waals surface area contributed by atoms with E-state index in [-0.39, 0.29) is 0 Å². The van der Waals surface area contributed by atoms with E-state index in [9.17, 15) is 4.79 Å². The second-order valence-electron chi connectivity index (χ2n) is 6.30. The number of nitrogens with one attached hydrogen (secondary N) is 2. The van der Waals surface area contributed by atoms with Gasteiger partial charge in [-0.3, -0.25) is 5.43 Å². The van der Waals surface area contributed by atoms with Gasteiger partial charge < -0.3 is 9.64 Å². The summed E-state index contributed by atoms with van der Waals surface area (Å²) < 4.78 is 5.18. The van der Waals surface area contributed by atoms with Crippen molar-refractivity contribution in [2.24, 2.45) is 0 Å². The molecule has 1 amide bonds. The number of hydrogen-bond donors (Lipinski definition) is 2. The zero-order chi connectivity index (χ0) is 15.3. The van der Waals surface area contributed by atoms with Gasteiger partial charge in [0.1, 0.15) is 5.60 Å². The lowest BCUT2D eigenvalue weighted by atomic mass is 10.1. The highest BCUT2D eigenvalue weighted by Crippen LogP contribution is 2.24. The van der Waals surface area contributed by atoms with Crippen LogP contribution in [0.1, 0.15) is 39.2 Å². The lowest BCUT2D eigenvalue weighted by molar-refractivity contribution is 0.0497. The Morgan fingerprint density at radius 3 is 2.57 bits per heavy atom. The van der Waals surface area contributed by atoms with Gasteiger partial charge in [0.05, 0.1) is 0 Å². The van der Waals surface area contributed by atoms with Crippen LogP contribution in [0.25, 0.3) is 0 Å². The maximum atomic E-state index is 11.6. The standard InChI is InChI=1S/C16H25N3O2/c1-16(2,3)21-15(20)18-17-12-13-8-4-5-9-14(13)19-10-6-7-11-19/h4-5,8-9,17H,6-7,10-12H2,1-3H3,(H,18,20). The summed E-state index contributed by atoms with van der Waals surface area (Å²) in [5.41, 5.74) is 7.45. The van der Waals surface area contributed by atoms with E-state index in [2.05, 4.69) is 34.0 Å². The van der Waals surface area contributed by atoms with Crippen LogP contribution in [0.5, 0.6) is 0 Å². The van der Waals surface area contributed by atoms with E-state index in [0.717, 1.165) is 13.1 Å².